The Balaban J connectivity index is 0.00000256. The molecule has 1 rings (SSSR count). The van der Waals surface area contributed by atoms with Gasteiger partial charge in [-0.25, -0.2) is 0 Å². The van der Waals surface area contributed by atoms with E-state index in [2.05, 4.69) is 10.6 Å². The summed E-state index contributed by atoms with van der Waals surface area (Å²) in [5.74, 6) is 0.0647. The second kappa shape index (κ2) is 7.90. The number of carbonyl (C=O) groups excluding carboxylic acids is 1. The van der Waals surface area contributed by atoms with E-state index in [4.69, 9.17) is 0 Å². The highest BCUT2D eigenvalue weighted by Gasteiger charge is 2.34. The Kier molecular flexibility index (Phi) is 7.75. The standard InChI is InChI=1S/C12H24N2O2.ClH/c1-3-5-10(15)8-14-11(16)12(2)6-4-7-13-9-12;/h10,13,15H,3-9H2,1-2H3,(H,14,16);1H. The summed E-state index contributed by atoms with van der Waals surface area (Å²) >= 11 is 0. The molecule has 2 atom stereocenters. The Morgan fingerprint density at radius 2 is 2.29 bits per heavy atom. The van der Waals surface area contributed by atoms with E-state index in [1.165, 1.54) is 0 Å². The SMILES string of the molecule is CCCC(O)CNC(=O)C1(C)CCCNC1.Cl. The maximum absolute atomic E-state index is 12.0. The van der Waals surface area contributed by atoms with Crippen LogP contribution in [0, 0.1) is 5.41 Å². The molecule has 0 bridgehead atoms. The quantitative estimate of drug-likeness (QED) is 0.696. The molecule has 0 aromatic rings. The van der Waals surface area contributed by atoms with Crippen LogP contribution in [0.25, 0.3) is 0 Å². The van der Waals surface area contributed by atoms with E-state index >= 15 is 0 Å². The molecule has 0 aromatic heterocycles. The van der Waals surface area contributed by atoms with Crippen molar-refractivity contribution in [1.82, 2.24) is 10.6 Å². The lowest BCUT2D eigenvalue weighted by Crippen LogP contribution is -2.49. The van der Waals surface area contributed by atoms with Crippen LogP contribution >= 0.6 is 12.4 Å². The molecular formula is C12H25ClN2O2. The van der Waals surface area contributed by atoms with Crippen molar-refractivity contribution in [3.8, 4) is 0 Å². The topological polar surface area (TPSA) is 61.4 Å². The third-order valence-corrected chi connectivity index (χ3v) is 3.27. The van der Waals surface area contributed by atoms with Gasteiger partial charge < -0.3 is 15.7 Å². The van der Waals surface area contributed by atoms with Crippen molar-refractivity contribution in [3.63, 3.8) is 0 Å². The fourth-order valence-electron chi connectivity index (χ4n) is 2.11. The Labute approximate surface area is 110 Å². The van der Waals surface area contributed by atoms with Crippen LogP contribution in [0.15, 0.2) is 0 Å². The molecule has 0 saturated carbocycles. The largest absolute Gasteiger partial charge is 0.391 e. The maximum atomic E-state index is 12.0. The minimum Gasteiger partial charge on any atom is -0.391 e. The van der Waals surface area contributed by atoms with Gasteiger partial charge in [-0.05, 0) is 32.7 Å². The van der Waals surface area contributed by atoms with Crippen molar-refractivity contribution in [1.29, 1.82) is 0 Å². The molecule has 2 unspecified atom stereocenters. The normalized spacial score (nSPS) is 25.8. The van der Waals surface area contributed by atoms with Gasteiger partial charge in [0.15, 0.2) is 0 Å². The van der Waals surface area contributed by atoms with Crippen molar-refractivity contribution in [2.45, 2.75) is 45.6 Å². The number of nitrogens with one attached hydrogen (secondary N) is 2. The van der Waals surface area contributed by atoms with E-state index in [1.807, 2.05) is 13.8 Å². The molecule has 0 spiro atoms. The highest BCUT2D eigenvalue weighted by molar-refractivity contribution is 5.85. The average Bonchev–Trinajstić information content (AvgIpc) is 2.27. The second-order valence-corrected chi connectivity index (χ2v) is 4.99. The first kappa shape index (κ1) is 16.7. The lowest BCUT2D eigenvalue weighted by Gasteiger charge is -2.32. The summed E-state index contributed by atoms with van der Waals surface area (Å²) in [6.07, 6.45) is 3.25. The highest BCUT2D eigenvalue weighted by atomic mass is 35.5. The fraction of sp³-hybridized carbons (Fsp3) is 0.917. The van der Waals surface area contributed by atoms with Crippen LogP contribution in [0.2, 0.25) is 0 Å². The Morgan fingerprint density at radius 1 is 1.59 bits per heavy atom. The molecule has 0 aromatic carbocycles. The Hall–Kier alpha value is -0.320. The zero-order valence-electron chi connectivity index (χ0n) is 10.8. The summed E-state index contributed by atoms with van der Waals surface area (Å²) in [5, 5.41) is 15.6. The molecule has 1 heterocycles. The number of carbonyl (C=O) groups is 1. The molecule has 5 heteroatoms. The number of hydrogen-bond acceptors (Lipinski definition) is 3. The van der Waals surface area contributed by atoms with Crippen molar-refractivity contribution >= 4 is 18.3 Å². The van der Waals surface area contributed by atoms with Crippen molar-refractivity contribution in [2.75, 3.05) is 19.6 Å². The van der Waals surface area contributed by atoms with Gasteiger partial charge >= 0.3 is 0 Å². The molecule has 1 aliphatic heterocycles. The molecular weight excluding hydrogens is 240 g/mol. The van der Waals surface area contributed by atoms with Crippen LogP contribution < -0.4 is 10.6 Å². The molecule has 0 aliphatic carbocycles. The van der Waals surface area contributed by atoms with Gasteiger partial charge in [0.2, 0.25) is 5.91 Å². The molecule has 1 fully saturated rings. The molecule has 17 heavy (non-hydrogen) atoms. The van der Waals surface area contributed by atoms with Crippen LogP contribution in [-0.2, 0) is 4.79 Å². The predicted octanol–water partition coefficient (Wildman–Crippen LogP) is 1.08. The van der Waals surface area contributed by atoms with Crippen LogP contribution in [0.5, 0.6) is 0 Å². The number of piperidine rings is 1. The fourth-order valence-corrected chi connectivity index (χ4v) is 2.11. The van der Waals surface area contributed by atoms with Crippen LogP contribution in [0.4, 0.5) is 0 Å². The molecule has 1 amide bonds. The van der Waals surface area contributed by atoms with Gasteiger partial charge in [-0.1, -0.05) is 13.3 Å². The zero-order valence-corrected chi connectivity index (χ0v) is 11.6. The summed E-state index contributed by atoms with van der Waals surface area (Å²) in [6, 6.07) is 0. The van der Waals surface area contributed by atoms with Crippen molar-refractivity contribution in [3.05, 3.63) is 0 Å². The predicted molar refractivity (Wildman–Crippen MR) is 71.4 cm³/mol. The van der Waals surface area contributed by atoms with E-state index in [1.54, 1.807) is 0 Å². The first-order valence-corrected chi connectivity index (χ1v) is 6.25. The summed E-state index contributed by atoms with van der Waals surface area (Å²) < 4.78 is 0. The molecule has 1 saturated heterocycles. The smallest absolute Gasteiger partial charge is 0.227 e. The molecule has 4 nitrogen and oxygen atoms in total. The Morgan fingerprint density at radius 3 is 2.82 bits per heavy atom. The summed E-state index contributed by atoms with van der Waals surface area (Å²) in [7, 11) is 0. The van der Waals surface area contributed by atoms with E-state index in [-0.39, 0.29) is 23.7 Å². The third-order valence-electron chi connectivity index (χ3n) is 3.27. The molecule has 3 N–H and O–H groups in total. The minimum atomic E-state index is -0.408. The molecule has 0 radical (unpaired) electrons. The summed E-state index contributed by atoms with van der Waals surface area (Å²) in [6.45, 7) is 6.13. The van der Waals surface area contributed by atoms with Crippen LogP contribution in [0.3, 0.4) is 0 Å². The van der Waals surface area contributed by atoms with Crippen LogP contribution in [0.1, 0.15) is 39.5 Å². The third kappa shape index (κ3) is 5.23. The lowest BCUT2D eigenvalue weighted by atomic mass is 9.82. The first-order valence-electron chi connectivity index (χ1n) is 6.25. The summed E-state index contributed by atoms with van der Waals surface area (Å²) in [5.41, 5.74) is -0.301. The number of hydrogen-bond donors (Lipinski definition) is 3. The maximum Gasteiger partial charge on any atom is 0.227 e. The first-order chi connectivity index (χ1) is 7.58. The van der Waals surface area contributed by atoms with E-state index in [0.29, 0.717) is 6.54 Å². The zero-order chi connectivity index (χ0) is 12.0. The summed E-state index contributed by atoms with van der Waals surface area (Å²) in [4.78, 5) is 12.0. The van der Waals surface area contributed by atoms with Gasteiger partial charge in [0.1, 0.15) is 0 Å². The van der Waals surface area contributed by atoms with E-state index in [0.717, 1.165) is 38.8 Å². The number of amides is 1. The van der Waals surface area contributed by atoms with Gasteiger partial charge in [0.05, 0.1) is 11.5 Å². The second-order valence-electron chi connectivity index (χ2n) is 4.99. The van der Waals surface area contributed by atoms with Crippen molar-refractivity contribution < 1.29 is 9.90 Å². The van der Waals surface area contributed by atoms with Crippen LogP contribution in [-0.4, -0.2) is 36.8 Å². The van der Waals surface area contributed by atoms with Gasteiger partial charge in [0, 0.05) is 13.1 Å². The Bertz CT molecular complexity index is 231. The monoisotopic (exact) mass is 264 g/mol. The highest BCUT2D eigenvalue weighted by Crippen LogP contribution is 2.25. The minimum absolute atomic E-state index is 0. The van der Waals surface area contributed by atoms with Crippen molar-refractivity contribution in [2.24, 2.45) is 5.41 Å². The van der Waals surface area contributed by atoms with Gasteiger partial charge in [-0.2, -0.15) is 0 Å². The molecule has 102 valence electrons. The number of aliphatic hydroxyl groups excluding tert-OH is 1. The van der Waals surface area contributed by atoms with Gasteiger partial charge in [-0.3, -0.25) is 4.79 Å². The average molecular weight is 265 g/mol. The van der Waals surface area contributed by atoms with E-state index < -0.39 is 6.10 Å². The van der Waals surface area contributed by atoms with E-state index in [9.17, 15) is 9.90 Å². The number of rotatable bonds is 5. The van der Waals surface area contributed by atoms with Gasteiger partial charge in [-0.15, -0.1) is 12.4 Å². The lowest BCUT2D eigenvalue weighted by molar-refractivity contribution is -0.131. The number of halogens is 1. The molecule has 1 aliphatic rings. The number of aliphatic hydroxyl groups is 1. The van der Waals surface area contributed by atoms with Gasteiger partial charge in [0.25, 0.3) is 0 Å².